The first-order valence-electron chi connectivity index (χ1n) is 6.99. The molecule has 1 aliphatic heterocycles. The van der Waals surface area contributed by atoms with Crippen molar-refractivity contribution in [2.45, 2.75) is 44.5 Å². The normalized spacial score (nSPS) is 23.2. The molecule has 0 spiro atoms. The number of nitrogens with zero attached hydrogens (tertiary/aromatic N) is 1. The molecule has 0 radical (unpaired) electrons. The summed E-state index contributed by atoms with van der Waals surface area (Å²) in [7, 11) is 0. The molecule has 1 aromatic carbocycles. The summed E-state index contributed by atoms with van der Waals surface area (Å²) in [4.78, 5) is 25.7. The Kier molecular flexibility index (Phi) is 5.17. The number of amides is 3. The van der Waals surface area contributed by atoms with Crippen molar-refractivity contribution in [2.75, 3.05) is 0 Å². The van der Waals surface area contributed by atoms with Crippen LogP contribution in [0.5, 0.6) is 0 Å². The zero-order valence-corrected chi connectivity index (χ0v) is 13.9. The number of imide groups is 1. The van der Waals surface area contributed by atoms with Crippen molar-refractivity contribution >= 4 is 34.6 Å². The van der Waals surface area contributed by atoms with Gasteiger partial charge in [0, 0.05) is 11.1 Å². The van der Waals surface area contributed by atoms with E-state index >= 15 is 0 Å². The van der Waals surface area contributed by atoms with E-state index in [1.54, 1.807) is 12.1 Å². The second-order valence-electron chi connectivity index (χ2n) is 5.23. The molecule has 1 saturated heterocycles. The van der Waals surface area contributed by atoms with Gasteiger partial charge in [0.2, 0.25) is 0 Å². The van der Waals surface area contributed by atoms with Crippen molar-refractivity contribution in [3.05, 3.63) is 34.9 Å². The van der Waals surface area contributed by atoms with Gasteiger partial charge in [-0.05, 0) is 38.0 Å². The Labute approximate surface area is 134 Å². The molecule has 1 fully saturated rings. The molecule has 114 valence electrons. The van der Waals surface area contributed by atoms with Crippen molar-refractivity contribution < 1.29 is 9.59 Å². The first kappa shape index (κ1) is 16.2. The molecule has 3 unspecified atom stereocenters. The fraction of sp³-hybridized carbons (Fsp3) is 0.467. The van der Waals surface area contributed by atoms with Gasteiger partial charge < -0.3 is 5.32 Å². The van der Waals surface area contributed by atoms with E-state index in [4.69, 9.17) is 11.6 Å². The number of hydrogen-bond donors (Lipinski definition) is 1. The lowest BCUT2D eigenvalue weighted by atomic mass is 10.1. The summed E-state index contributed by atoms with van der Waals surface area (Å²) < 4.78 is 0. The predicted octanol–water partition coefficient (Wildman–Crippen LogP) is 4.45. The van der Waals surface area contributed by atoms with Crippen LogP contribution in [0.1, 0.15) is 38.0 Å². The van der Waals surface area contributed by atoms with Crippen LogP contribution in [0.25, 0.3) is 0 Å². The highest BCUT2D eigenvalue weighted by molar-refractivity contribution is 8.14. The van der Waals surface area contributed by atoms with E-state index < -0.39 is 0 Å². The molecule has 1 aromatic rings. The molecular formula is C15H19ClN2O2S. The minimum atomic E-state index is -0.314. The molecule has 21 heavy (non-hydrogen) atoms. The van der Waals surface area contributed by atoms with Gasteiger partial charge >= 0.3 is 6.03 Å². The second kappa shape index (κ2) is 6.71. The zero-order valence-electron chi connectivity index (χ0n) is 12.3. The molecule has 0 aliphatic carbocycles. The maximum Gasteiger partial charge on any atom is 0.325 e. The summed E-state index contributed by atoms with van der Waals surface area (Å²) in [6.07, 6.45) is 0.829. The molecule has 6 heteroatoms. The predicted molar refractivity (Wildman–Crippen MR) is 86.8 cm³/mol. The Morgan fingerprint density at radius 3 is 2.62 bits per heavy atom. The lowest BCUT2D eigenvalue weighted by Crippen LogP contribution is -2.47. The number of nitrogens with one attached hydrogen (secondary N) is 1. The smallest absolute Gasteiger partial charge is 0.325 e. The molecule has 1 heterocycles. The average molecular weight is 327 g/mol. The van der Waals surface area contributed by atoms with Crippen molar-refractivity contribution in [3.63, 3.8) is 0 Å². The molecule has 0 saturated carbocycles. The van der Waals surface area contributed by atoms with Crippen LogP contribution in [-0.2, 0) is 0 Å². The van der Waals surface area contributed by atoms with Crippen LogP contribution in [0.3, 0.4) is 0 Å². The van der Waals surface area contributed by atoms with E-state index in [1.807, 2.05) is 32.9 Å². The van der Waals surface area contributed by atoms with Crippen LogP contribution in [0, 0.1) is 0 Å². The number of urea groups is 1. The molecule has 3 atom stereocenters. The van der Waals surface area contributed by atoms with Gasteiger partial charge in [-0.1, -0.05) is 42.4 Å². The Hall–Kier alpha value is -1.20. The van der Waals surface area contributed by atoms with Crippen LogP contribution >= 0.6 is 23.4 Å². The lowest BCUT2D eigenvalue weighted by Gasteiger charge is -2.24. The molecule has 0 bridgehead atoms. The number of rotatable bonds is 3. The summed E-state index contributed by atoms with van der Waals surface area (Å²) >= 11 is 7.07. The quantitative estimate of drug-likeness (QED) is 0.893. The van der Waals surface area contributed by atoms with Crippen molar-refractivity contribution in [1.82, 2.24) is 10.2 Å². The van der Waals surface area contributed by atoms with Gasteiger partial charge in [0.1, 0.15) is 0 Å². The lowest BCUT2D eigenvalue weighted by molar-refractivity contribution is 0.187. The van der Waals surface area contributed by atoms with Crippen LogP contribution in [0.15, 0.2) is 24.3 Å². The molecule has 1 aliphatic rings. The number of thioether (sulfide) groups is 1. The first-order chi connectivity index (χ1) is 9.93. The maximum absolute atomic E-state index is 12.2. The van der Waals surface area contributed by atoms with Crippen molar-refractivity contribution in [2.24, 2.45) is 0 Å². The molecule has 1 N–H and O–H groups in total. The Bertz CT molecular complexity index is 535. The third kappa shape index (κ3) is 3.52. The topological polar surface area (TPSA) is 49.4 Å². The van der Waals surface area contributed by atoms with Crippen LogP contribution in [0.2, 0.25) is 5.02 Å². The third-order valence-electron chi connectivity index (χ3n) is 3.67. The summed E-state index contributed by atoms with van der Waals surface area (Å²) in [6.45, 7) is 5.81. The number of carbonyl (C=O) groups excluding carboxylic acids is 2. The molecule has 2 rings (SSSR count). The van der Waals surface area contributed by atoms with Crippen LogP contribution in [0.4, 0.5) is 9.59 Å². The van der Waals surface area contributed by atoms with E-state index in [1.165, 1.54) is 16.7 Å². The monoisotopic (exact) mass is 326 g/mol. The van der Waals surface area contributed by atoms with Crippen molar-refractivity contribution in [3.8, 4) is 0 Å². The van der Waals surface area contributed by atoms with Gasteiger partial charge in [-0.25, -0.2) is 4.79 Å². The molecule has 0 aromatic heterocycles. The highest BCUT2D eigenvalue weighted by atomic mass is 35.5. The van der Waals surface area contributed by atoms with Gasteiger partial charge in [0.15, 0.2) is 0 Å². The average Bonchev–Trinajstić information content (AvgIpc) is 2.74. The summed E-state index contributed by atoms with van der Waals surface area (Å²) in [5.74, 6) is 0. The number of carbonyl (C=O) groups is 2. The highest BCUT2D eigenvalue weighted by Gasteiger charge is 2.42. The van der Waals surface area contributed by atoms with E-state index in [9.17, 15) is 9.59 Å². The standard InChI is InChI=1S/C15H19ClN2O2S/c1-4-9(2)17-14(19)18-10(3)13(21-15(18)20)11-5-7-12(16)8-6-11/h5-10,13H,4H2,1-3H3,(H,17,19). The molecular weight excluding hydrogens is 308 g/mol. The van der Waals surface area contributed by atoms with E-state index in [0.717, 1.165) is 12.0 Å². The summed E-state index contributed by atoms with van der Waals surface area (Å²) in [6, 6.07) is 6.96. The van der Waals surface area contributed by atoms with E-state index in [0.29, 0.717) is 5.02 Å². The summed E-state index contributed by atoms with van der Waals surface area (Å²) in [5.41, 5.74) is 1.00. The second-order valence-corrected chi connectivity index (χ2v) is 6.75. The van der Waals surface area contributed by atoms with Gasteiger partial charge in [0.25, 0.3) is 5.24 Å². The van der Waals surface area contributed by atoms with Crippen LogP contribution in [-0.4, -0.2) is 28.3 Å². The van der Waals surface area contributed by atoms with E-state index in [-0.39, 0.29) is 28.6 Å². The van der Waals surface area contributed by atoms with Crippen LogP contribution < -0.4 is 5.32 Å². The Morgan fingerprint density at radius 1 is 1.43 bits per heavy atom. The Balaban J connectivity index is 2.14. The van der Waals surface area contributed by atoms with Gasteiger partial charge in [0.05, 0.1) is 11.3 Å². The minimum absolute atomic E-state index is 0.0529. The molecule has 4 nitrogen and oxygen atoms in total. The first-order valence-corrected chi connectivity index (χ1v) is 8.25. The number of halogens is 1. The zero-order chi connectivity index (χ0) is 15.6. The number of hydrogen-bond acceptors (Lipinski definition) is 3. The minimum Gasteiger partial charge on any atom is -0.335 e. The fourth-order valence-electron chi connectivity index (χ4n) is 2.21. The third-order valence-corrected chi connectivity index (χ3v) is 5.24. The van der Waals surface area contributed by atoms with E-state index in [2.05, 4.69) is 5.32 Å². The fourth-order valence-corrected chi connectivity index (χ4v) is 3.53. The summed E-state index contributed by atoms with van der Waals surface area (Å²) in [5, 5.41) is 3.24. The maximum atomic E-state index is 12.2. The SMILES string of the molecule is CCC(C)NC(=O)N1C(=O)SC(c2ccc(Cl)cc2)C1C. The van der Waals surface area contributed by atoms with Gasteiger partial charge in [-0.2, -0.15) is 0 Å². The Morgan fingerprint density at radius 2 is 2.05 bits per heavy atom. The van der Waals surface area contributed by atoms with Gasteiger partial charge in [-0.15, -0.1) is 0 Å². The number of benzene rings is 1. The van der Waals surface area contributed by atoms with Crippen molar-refractivity contribution in [1.29, 1.82) is 0 Å². The van der Waals surface area contributed by atoms with Gasteiger partial charge in [-0.3, -0.25) is 9.69 Å². The largest absolute Gasteiger partial charge is 0.335 e. The highest BCUT2D eigenvalue weighted by Crippen LogP contribution is 2.43. The molecule has 3 amide bonds.